The van der Waals surface area contributed by atoms with Crippen LogP contribution in [0.25, 0.3) is 0 Å². The number of methoxy groups -OCH3 is 3. The SMILES string of the molecule is CCC[C@H](C#N)NC(=O)CCc1ccc(OC)c(OC)c1OC. The van der Waals surface area contributed by atoms with Crippen LogP contribution < -0.4 is 19.5 Å². The van der Waals surface area contributed by atoms with Crippen molar-refractivity contribution in [3.8, 4) is 23.3 Å². The quantitative estimate of drug-likeness (QED) is 0.756. The van der Waals surface area contributed by atoms with Gasteiger partial charge in [0.1, 0.15) is 6.04 Å². The van der Waals surface area contributed by atoms with Crippen LogP contribution in [0.2, 0.25) is 0 Å². The predicted molar refractivity (Wildman–Crippen MR) is 86.9 cm³/mol. The fourth-order valence-corrected chi connectivity index (χ4v) is 2.33. The smallest absolute Gasteiger partial charge is 0.221 e. The summed E-state index contributed by atoms with van der Waals surface area (Å²) in [5.41, 5.74) is 0.851. The van der Waals surface area contributed by atoms with Crippen LogP contribution in [0.4, 0.5) is 0 Å². The van der Waals surface area contributed by atoms with Gasteiger partial charge in [-0.25, -0.2) is 0 Å². The summed E-state index contributed by atoms with van der Waals surface area (Å²) in [5.74, 6) is 1.49. The second kappa shape index (κ2) is 9.57. The van der Waals surface area contributed by atoms with E-state index < -0.39 is 6.04 Å². The molecule has 0 aliphatic rings. The number of carbonyl (C=O) groups is 1. The van der Waals surface area contributed by atoms with E-state index in [1.807, 2.05) is 13.0 Å². The summed E-state index contributed by atoms with van der Waals surface area (Å²) in [7, 11) is 4.65. The molecule has 0 bridgehead atoms. The molecule has 1 atom stereocenters. The Labute approximate surface area is 137 Å². The van der Waals surface area contributed by atoms with Crippen LogP contribution in [-0.4, -0.2) is 33.3 Å². The number of aryl methyl sites for hydroxylation is 1. The van der Waals surface area contributed by atoms with E-state index in [0.29, 0.717) is 30.1 Å². The summed E-state index contributed by atoms with van der Waals surface area (Å²) >= 11 is 0. The number of nitriles is 1. The van der Waals surface area contributed by atoms with E-state index in [1.165, 1.54) is 0 Å². The van der Waals surface area contributed by atoms with Gasteiger partial charge >= 0.3 is 0 Å². The first kappa shape index (κ1) is 18.6. The molecule has 0 saturated carbocycles. The first-order valence-electron chi connectivity index (χ1n) is 7.58. The van der Waals surface area contributed by atoms with Crippen molar-refractivity contribution in [3.05, 3.63) is 17.7 Å². The predicted octanol–water partition coefficient (Wildman–Crippen LogP) is 2.45. The van der Waals surface area contributed by atoms with Gasteiger partial charge in [0.15, 0.2) is 11.5 Å². The molecule has 0 radical (unpaired) electrons. The summed E-state index contributed by atoms with van der Waals surface area (Å²) < 4.78 is 16.0. The molecule has 0 aliphatic carbocycles. The van der Waals surface area contributed by atoms with E-state index in [-0.39, 0.29) is 12.3 Å². The number of nitrogens with zero attached hydrogens (tertiary/aromatic N) is 1. The molecule has 126 valence electrons. The zero-order chi connectivity index (χ0) is 17.2. The summed E-state index contributed by atoms with van der Waals surface area (Å²) in [6.07, 6.45) is 2.26. The lowest BCUT2D eigenvalue weighted by atomic mass is 10.1. The first-order chi connectivity index (χ1) is 11.1. The maximum atomic E-state index is 12.0. The Balaban J connectivity index is 2.78. The molecule has 1 rings (SSSR count). The Bertz CT molecular complexity index is 566. The molecule has 23 heavy (non-hydrogen) atoms. The Morgan fingerprint density at radius 2 is 1.91 bits per heavy atom. The lowest BCUT2D eigenvalue weighted by molar-refractivity contribution is -0.121. The van der Waals surface area contributed by atoms with E-state index >= 15 is 0 Å². The molecule has 0 fully saturated rings. The van der Waals surface area contributed by atoms with Gasteiger partial charge in [0.25, 0.3) is 0 Å². The van der Waals surface area contributed by atoms with Crippen LogP contribution >= 0.6 is 0 Å². The van der Waals surface area contributed by atoms with Gasteiger partial charge in [-0.2, -0.15) is 5.26 Å². The van der Waals surface area contributed by atoms with Crippen molar-refractivity contribution in [2.75, 3.05) is 21.3 Å². The lowest BCUT2D eigenvalue weighted by Gasteiger charge is -2.16. The minimum Gasteiger partial charge on any atom is -0.493 e. The van der Waals surface area contributed by atoms with Gasteiger partial charge < -0.3 is 19.5 Å². The van der Waals surface area contributed by atoms with Gasteiger partial charge in [0.05, 0.1) is 27.4 Å². The van der Waals surface area contributed by atoms with Crippen LogP contribution in [-0.2, 0) is 11.2 Å². The Hall–Kier alpha value is -2.42. The standard InChI is InChI=1S/C17H24N2O4/c1-5-6-13(11-18)19-15(20)10-8-12-7-9-14(21-2)17(23-4)16(12)22-3/h7,9,13H,5-6,8,10H2,1-4H3,(H,19,20)/t13-/m1/s1. The normalized spacial score (nSPS) is 11.3. The van der Waals surface area contributed by atoms with Crippen LogP contribution in [0.3, 0.4) is 0 Å². The number of nitrogens with one attached hydrogen (secondary N) is 1. The number of rotatable bonds is 9. The highest BCUT2D eigenvalue weighted by molar-refractivity contribution is 5.77. The Kier molecular flexibility index (Phi) is 7.75. The third-order valence-electron chi connectivity index (χ3n) is 3.48. The van der Waals surface area contributed by atoms with Crippen molar-refractivity contribution in [1.82, 2.24) is 5.32 Å². The van der Waals surface area contributed by atoms with Gasteiger partial charge in [-0.15, -0.1) is 0 Å². The zero-order valence-corrected chi connectivity index (χ0v) is 14.1. The van der Waals surface area contributed by atoms with Crippen LogP contribution in [0.1, 0.15) is 31.7 Å². The molecule has 1 aromatic carbocycles. The fraction of sp³-hybridized carbons (Fsp3) is 0.529. The van der Waals surface area contributed by atoms with Gasteiger partial charge in [-0.05, 0) is 24.5 Å². The summed E-state index contributed by atoms with van der Waals surface area (Å²) in [6.45, 7) is 1.98. The molecule has 0 spiro atoms. The van der Waals surface area contributed by atoms with Gasteiger partial charge in [0, 0.05) is 6.42 Å². The number of benzene rings is 1. The molecule has 6 nitrogen and oxygen atoms in total. The Morgan fingerprint density at radius 1 is 1.22 bits per heavy atom. The third-order valence-corrected chi connectivity index (χ3v) is 3.48. The third kappa shape index (κ3) is 5.06. The highest BCUT2D eigenvalue weighted by atomic mass is 16.5. The molecule has 1 aromatic rings. The van der Waals surface area contributed by atoms with Gasteiger partial charge in [-0.3, -0.25) is 4.79 Å². The highest BCUT2D eigenvalue weighted by Crippen LogP contribution is 2.40. The maximum Gasteiger partial charge on any atom is 0.221 e. The van der Waals surface area contributed by atoms with Gasteiger partial charge in [-0.1, -0.05) is 19.4 Å². The molecule has 1 amide bonds. The van der Waals surface area contributed by atoms with E-state index in [2.05, 4.69) is 11.4 Å². The van der Waals surface area contributed by atoms with Crippen molar-refractivity contribution in [2.24, 2.45) is 0 Å². The number of amides is 1. The number of hydrogen-bond donors (Lipinski definition) is 1. The van der Waals surface area contributed by atoms with Crippen molar-refractivity contribution in [2.45, 2.75) is 38.6 Å². The largest absolute Gasteiger partial charge is 0.493 e. The van der Waals surface area contributed by atoms with Crippen LogP contribution in [0.15, 0.2) is 12.1 Å². The van der Waals surface area contributed by atoms with Crippen LogP contribution in [0.5, 0.6) is 17.2 Å². The van der Waals surface area contributed by atoms with Crippen molar-refractivity contribution >= 4 is 5.91 Å². The number of hydrogen-bond acceptors (Lipinski definition) is 5. The molecule has 0 heterocycles. The van der Waals surface area contributed by atoms with Crippen LogP contribution in [0, 0.1) is 11.3 Å². The summed E-state index contributed by atoms with van der Waals surface area (Å²) in [5, 5.41) is 11.7. The van der Waals surface area contributed by atoms with Crippen molar-refractivity contribution < 1.29 is 19.0 Å². The molecule has 0 unspecified atom stereocenters. The average Bonchev–Trinajstić information content (AvgIpc) is 2.58. The molecule has 1 N–H and O–H groups in total. The van der Waals surface area contributed by atoms with Crippen molar-refractivity contribution in [3.63, 3.8) is 0 Å². The molecular weight excluding hydrogens is 296 g/mol. The second-order valence-corrected chi connectivity index (χ2v) is 5.03. The van der Waals surface area contributed by atoms with E-state index in [0.717, 1.165) is 12.0 Å². The zero-order valence-electron chi connectivity index (χ0n) is 14.1. The van der Waals surface area contributed by atoms with E-state index in [9.17, 15) is 4.79 Å². The lowest BCUT2D eigenvalue weighted by Crippen LogP contribution is -2.33. The molecule has 0 saturated heterocycles. The monoisotopic (exact) mass is 320 g/mol. The Morgan fingerprint density at radius 3 is 2.43 bits per heavy atom. The minimum absolute atomic E-state index is 0.151. The molecule has 6 heteroatoms. The number of ether oxygens (including phenoxy) is 3. The molecular formula is C17H24N2O4. The summed E-state index contributed by atoms with van der Waals surface area (Å²) in [6, 6.07) is 5.29. The van der Waals surface area contributed by atoms with Gasteiger partial charge in [0.2, 0.25) is 11.7 Å². The van der Waals surface area contributed by atoms with E-state index in [4.69, 9.17) is 19.5 Å². The average molecular weight is 320 g/mol. The molecule has 0 aromatic heterocycles. The topological polar surface area (TPSA) is 80.6 Å². The van der Waals surface area contributed by atoms with Crippen molar-refractivity contribution in [1.29, 1.82) is 5.26 Å². The number of carbonyl (C=O) groups excluding carboxylic acids is 1. The fourth-order valence-electron chi connectivity index (χ4n) is 2.33. The summed E-state index contributed by atoms with van der Waals surface area (Å²) in [4.78, 5) is 12.0. The molecule has 0 aliphatic heterocycles. The highest BCUT2D eigenvalue weighted by Gasteiger charge is 2.17. The minimum atomic E-state index is -0.431. The van der Waals surface area contributed by atoms with E-state index in [1.54, 1.807) is 27.4 Å². The maximum absolute atomic E-state index is 12.0. The first-order valence-corrected chi connectivity index (χ1v) is 7.58. The second-order valence-electron chi connectivity index (χ2n) is 5.03.